The molecule has 0 bridgehead atoms. The predicted molar refractivity (Wildman–Crippen MR) is 216 cm³/mol. The van der Waals surface area contributed by atoms with Gasteiger partial charge in [0, 0.05) is 28.1 Å². The Kier molecular flexibility index (Phi) is 8.03. The van der Waals surface area contributed by atoms with Crippen LogP contribution in [0.3, 0.4) is 0 Å². The first-order valence-electron chi connectivity index (χ1n) is 18.1. The van der Waals surface area contributed by atoms with Crippen LogP contribution in [0, 0.1) is 11.6 Å². The summed E-state index contributed by atoms with van der Waals surface area (Å²) in [7, 11) is 0. The molecule has 10 rings (SSSR count). The second kappa shape index (κ2) is 13.6. The minimum atomic E-state index is -0.359. The van der Waals surface area contributed by atoms with Crippen molar-refractivity contribution in [2.24, 2.45) is 0 Å². The highest BCUT2D eigenvalue weighted by Gasteiger charge is 2.20. The highest BCUT2D eigenvalue weighted by molar-refractivity contribution is 5.85. The number of rotatable bonds is 7. The summed E-state index contributed by atoms with van der Waals surface area (Å²) >= 11 is 0. The summed E-state index contributed by atoms with van der Waals surface area (Å²) in [6, 6.07) is 54.3. The largest absolute Gasteiger partial charge is 0.292 e. The number of benzene rings is 7. The van der Waals surface area contributed by atoms with Crippen molar-refractivity contribution >= 4 is 22.1 Å². The Balaban J connectivity index is 1.14. The van der Waals surface area contributed by atoms with Crippen LogP contribution in [0.15, 0.2) is 176 Å². The van der Waals surface area contributed by atoms with E-state index in [0.717, 1.165) is 50.1 Å². The van der Waals surface area contributed by atoms with Gasteiger partial charge < -0.3 is 0 Å². The van der Waals surface area contributed by atoms with Crippen LogP contribution in [0.5, 0.6) is 0 Å². The molecule has 0 N–H and O–H groups in total. The molecule has 0 aliphatic heterocycles. The van der Waals surface area contributed by atoms with Crippen molar-refractivity contribution in [1.29, 1.82) is 0 Å². The standard InChI is InChI=1S/C47H29F2N7/c48-37-22-6-4-20-35(37)46-50-39-24-8-10-26-41(39)55(46)33-18-12-16-31(28-33)44-52-43(30-14-2-1-3-15-30)53-45(54-44)32-17-13-19-34(29-32)56-42-27-11-9-25-40(42)51-47(56)36-21-5-7-23-38(36)49/h1-29H. The zero-order chi connectivity index (χ0) is 37.6. The second-order valence-corrected chi connectivity index (χ2v) is 13.3. The van der Waals surface area contributed by atoms with E-state index in [1.54, 1.807) is 36.4 Å². The van der Waals surface area contributed by atoms with Gasteiger partial charge in [-0.05, 0) is 72.8 Å². The molecular weight excluding hydrogens is 701 g/mol. The van der Waals surface area contributed by atoms with E-state index in [-0.39, 0.29) is 11.6 Å². The summed E-state index contributed by atoms with van der Waals surface area (Å²) < 4.78 is 34.5. The molecule has 0 saturated heterocycles. The van der Waals surface area contributed by atoms with E-state index in [0.29, 0.717) is 40.2 Å². The third-order valence-corrected chi connectivity index (χ3v) is 9.74. The zero-order valence-electron chi connectivity index (χ0n) is 29.6. The Bertz CT molecular complexity index is 2890. The first-order valence-corrected chi connectivity index (χ1v) is 18.1. The summed E-state index contributed by atoms with van der Waals surface area (Å²) in [5.41, 5.74) is 7.79. The van der Waals surface area contributed by atoms with Gasteiger partial charge in [-0.3, -0.25) is 9.13 Å². The number of nitrogens with zero attached hydrogens (tertiary/aromatic N) is 7. The van der Waals surface area contributed by atoms with Crippen molar-refractivity contribution in [2.75, 3.05) is 0 Å². The average Bonchev–Trinajstić information content (AvgIpc) is 3.84. The van der Waals surface area contributed by atoms with Crippen LogP contribution < -0.4 is 0 Å². The fourth-order valence-corrected chi connectivity index (χ4v) is 7.14. The van der Waals surface area contributed by atoms with Gasteiger partial charge in [0.15, 0.2) is 17.5 Å². The number of fused-ring (bicyclic) bond motifs is 2. The van der Waals surface area contributed by atoms with Crippen molar-refractivity contribution in [1.82, 2.24) is 34.1 Å². The molecule has 3 aromatic heterocycles. The summed E-state index contributed by atoms with van der Waals surface area (Å²) in [5, 5.41) is 0. The number of hydrogen-bond acceptors (Lipinski definition) is 5. The predicted octanol–water partition coefficient (Wildman–Crippen LogP) is 11.2. The molecule has 7 nitrogen and oxygen atoms in total. The molecule has 0 saturated carbocycles. The van der Waals surface area contributed by atoms with E-state index in [9.17, 15) is 0 Å². The lowest BCUT2D eigenvalue weighted by Gasteiger charge is -2.14. The SMILES string of the molecule is Fc1ccccc1-c1nc2ccccc2n1-c1cccc(-c2nc(-c3ccccc3)nc(-c3cccc(-n4c(-c5ccccc5F)nc5ccccc54)c3)n2)c1. The number of imidazole rings is 2. The van der Waals surface area contributed by atoms with Crippen molar-refractivity contribution in [3.8, 4) is 68.3 Å². The third-order valence-electron chi connectivity index (χ3n) is 9.74. The molecule has 10 aromatic rings. The van der Waals surface area contributed by atoms with E-state index < -0.39 is 0 Å². The lowest BCUT2D eigenvalue weighted by atomic mass is 10.1. The fraction of sp³-hybridized carbons (Fsp3) is 0. The first kappa shape index (κ1) is 33.0. The molecule has 56 heavy (non-hydrogen) atoms. The van der Waals surface area contributed by atoms with Gasteiger partial charge in [-0.15, -0.1) is 0 Å². The monoisotopic (exact) mass is 729 g/mol. The Labute approximate surface area is 319 Å². The Hall–Kier alpha value is -7.65. The van der Waals surface area contributed by atoms with Gasteiger partial charge in [0.2, 0.25) is 0 Å². The molecule has 0 fully saturated rings. The molecule has 0 amide bonds. The normalized spacial score (nSPS) is 11.4. The van der Waals surface area contributed by atoms with E-state index in [2.05, 4.69) is 0 Å². The van der Waals surface area contributed by atoms with E-state index in [1.165, 1.54) is 12.1 Å². The number of para-hydroxylation sites is 4. The molecule has 266 valence electrons. The van der Waals surface area contributed by atoms with Gasteiger partial charge in [0.25, 0.3) is 0 Å². The van der Waals surface area contributed by atoms with Crippen LogP contribution in [0.4, 0.5) is 8.78 Å². The van der Waals surface area contributed by atoms with Crippen molar-refractivity contribution in [3.05, 3.63) is 188 Å². The molecule has 7 aromatic carbocycles. The average molecular weight is 730 g/mol. The molecule has 0 spiro atoms. The molecular formula is C47H29F2N7. The maximum Gasteiger partial charge on any atom is 0.164 e. The van der Waals surface area contributed by atoms with Crippen molar-refractivity contribution in [3.63, 3.8) is 0 Å². The van der Waals surface area contributed by atoms with Crippen LogP contribution in [-0.4, -0.2) is 34.1 Å². The van der Waals surface area contributed by atoms with Crippen LogP contribution >= 0.6 is 0 Å². The first-order chi connectivity index (χ1) is 27.6. The highest BCUT2D eigenvalue weighted by Crippen LogP contribution is 2.34. The minimum Gasteiger partial charge on any atom is -0.292 e. The number of halogens is 2. The van der Waals surface area contributed by atoms with Crippen molar-refractivity contribution in [2.45, 2.75) is 0 Å². The number of hydrogen-bond donors (Lipinski definition) is 0. The van der Waals surface area contributed by atoms with Crippen LogP contribution in [-0.2, 0) is 0 Å². The summed E-state index contributed by atoms with van der Waals surface area (Å²) in [4.78, 5) is 24.8. The van der Waals surface area contributed by atoms with Crippen molar-refractivity contribution < 1.29 is 8.78 Å². The Morgan fingerprint density at radius 1 is 0.339 bits per heavy atom. The maximum atomic E-state index is 15.3. The topological polar surface area (TPSA) is 74.3 Å². The van der Waals surface area contributed by atoms with Crippen LogP contribution in [0.2, 0.25) is 0 Å². The number of aromatic nitrogens is 7. The zero-order valence-corrected chi connectivity index (χ0v) is 29.6. The lowest BCUT2D eigenvalue weighted by molar-refractivity contribution is 0.629. The van der Waals surface area contributed by atoms with E-state index in [4.69, 9.17) is 24.9 Å². The molecule has 9 heteroatoms. The molecule has 0 unspecified atom stereocenters. The Morgan fingerprint density at radius 2 is 0.732 bits per heavy atom. The quantitative estimate of drug-likeness (QED) is 0.163. The van der Waals surface area contributed by atoms with Gasteiger partial charge in [-0.1, -0.05) is 103 Å². The fourth-order valence-electron chi connectivity index (χ4n) is 7.14. The van der Waals surface area contributed by atoms with Crippen LogP contribution in [0.1, 0.15) is 0 Å². The van der Waals surface area contributed by atoms with Gasteiger partial charge in [-0.2, -0.15) is 0 Å². The van der Waals surface area contributed by atoms with Gasteiger partial charge >= 0.3 is 0 Å². The maximum absolute atomic E-state index is 15.3. The summed E-state index contributed by atoms with van der Waals surface area (Å²) in [6.07, 6.45) is 0. The molecule has 0 aliphatic rings. The smallest absolute Gasteiger partial charge is 0.164 e. The molecule has 0 radical (unpaired) electrons. The second-order valence-electron chi connectivity index (χ2n) is 13.3. The summed E-state index contributed by atoms with van der Waals surface area (Å²) in [6.45, 7) is 0. The highest BCUT2D eigenvalue weighted by atomic mass is 19.1. The van der Waals surface area contributed by atoms with E-state index in [1.807, 2.05) is 137 Å². The summed E-state index contributed by atoms with van der Waals surface area (Å²) in [5.74, 6) is 1.67. The third kappa shape index (κ3) is 5.79. The van der Waals surface area contributed by atoms with Gasteiger partial charge in [0.05, 0.1) is 33.2 Å². The lowest BCUT2D eigenvalue weighted by Crippen LogP contribution is -2.03. The Morgan fingerprint density at radius 3 is 1.21 bits per heavy atom. The molecule has 3 heterocycles. The van der Waals surface area contributed by atoms with E-state index >= 15 is 8.78 Å². The van der Waals surface area contributed by atoms with Crippen LogP contribution in [0.25, 0.3) is 90.4 Å². The van der Waals surface area contributed by atoms with Gasteiger partial charge in [0.1, 0.15) is 23.3 Å². The molecule has 0 atom stereocenters. The van der Waals surface area contributed by atoms with Gasteiger partial charge in [-0.25, -0.2) is 33.7 Å². The molecule has 0 aliphatic carbocycles. The minimum absolute atomic E-state index is 0.359.